The summed E-state index contributed by atoms with van der Waals surface area (Å²) in [5.41, 5.74) is 1.41. The second kappa shape index (κ2) is 7.87. The van der Waals surface area contributed by atoms with Gasteiger partial charge in [0.2, 0.25) is 0 Å². The van der Waals surface area contributed by atoms with E-state index >= 15 is 0 Å². The first kappa shape index (κ1) is 20.0. The van der Waals surface area contributed by atoms with Gasteiger partial charge < -0.3 is 5.11 Å². The number of carbonyl (C=O) groups excluding carboxylic acids is 2. The van der Waals surface area contributed by atoms with Gasteiger partial charge >= 0.3 is 0 Å². The highest BCUT2D eigenvalue weighted by Crippen LogP contribution is 2.44. The number of aryl methyl sites for hydroxylation is 1. The Labute approximate surface area is 178 Å². The predicted molar refractivity (Wildman–Crippen MR) is 116 cm³/mol. The van der Waals surface area contributed by atoms with Crippen LogP contribution in [0.1, 0.15) is 22.7 Å². The molecule has 1 N–H and O–H groups in total. The number of aliphatic hydroxyl groups excluding tert-OH is 1. The highest BCUT2D eigenvalue weighted by molar-refractivity contribution is 6.51. The quantitative estimate of drug-likeness (QED) is 0.222. The number of hydrogen-bond acceptors (Lipinski definition) is 5. The molecule has 1 aliphatic heterocycles. The minimum Gasteiger partial charge on any atom is -0.507 e. The van der Waals surface area contributed by atoms with Gasteiger partial charge in [-0.25, -0.2) is 0 Å². The van der Waals surface area contributed by atoms with E-state index in [0.29, 0.717) is 11.3 Å². The summed E-state index contributed by atoms with van der Waals surface area (Å²) in [6.45, 7) is 1.88. The van der Waals surface area contributed by atoms with Crippen LogP contribution in [0.3, 0.4) is 0 Å². The topological polar surface area (TPSA) is 101 Å². The van der Waals surface area contributed by atoms with Crippen molar-refractivity contribution in [3.63, 3.8) is 0 Å². The molecule has 0 aliphatic carbocycles. The molecule has 1 amide bonds. The van der Waals surface area contributed by atoms with Gasteiger partial charge in [-0.2, -0.15) is 0 Å². The average Bonchev–Trinajstić information content (AvgIpc) is 3.05. The smallest absolute Gasteiger partial charge is 0.300 e. The molecule has 1 fully saturated rings. The standard InChI is InChI=1S/C24H18N2O5/c1-15-11-13-16(14-12-15)22(27)20-21(18-9-5-6-10-19(18)26(30)31)25(24(29)23(20)28)17-7-3-2-4-8-17/h2-14,21,27H,1H3/b22-20-. The number of amides is 1. The molecule has 3 aromatic rings. The van der Waals surface area contributed by atoms with E-state index in [0.717, 1.165) is 5.56 Å². The van der Waals surface area contributed by atoms with E-state index in [1.807, 2.05) is 6.92 Å². The number of aliphatic hydroxyl groups is 1. The van der Waals surface area contributed by atoms with E-state index in [9.17, 15) is 24.8 Å². The summed E-state index contributed by atoms with van der Waals surface area (Å²) < 4.78 is 0. The van der Waals surface area contributed by atoms with E-state index in [4.69, 9.17) is 0 Å². The van der Waals surface area contributed by atoms with Crippen molar-refractivity contribution < 1.29 is 19.6 Å². The maximum Gasteiger partial charge on any atom is 0.300 e. The molecule has 7 nitrogen and oxygen atoms in total. The van der Waals surface area contributed by atoms with Crippen molar-refractivity contribution in [3.05, 3.63) is 111 Å². The molecule has 1 atom stereocenters. The molecule has 0 spiro atoms. The molecular formula is C24H18N2O5. The molecule has 0 radical (unpaired) electrons. The Morgan fingerprint density at radius 2 is 1.55 bits per heavy atom. The zero-order chi connectivity index (χ0) is 22.1. The highest BCUT2D eigenvalue weighted by Gasteiger charge is 2.48. The highest BCUT2D eigenvalue weighted by atomic mass is 16.6. The van der Waals surface area contributed by atoms with Gasteiger partial charge in [0.1, 0.15) is 11.8 Å². The molecule has 4 rings (SSSR count). The van der Waals surface area contributed by atoms with Crippen molar-refractivity contribution >= 4 is 28.8 Å². The minimum absolute atomic E-state index is 0.143. The van der Waals surface area contributed by atoms with Gasteiger partial charge in [0.15, 0.2) is 0 Å². The maximum atomic E-state index is 13.1. The molecule has 1 aliphatic rings. The lowest BCUT2D eigenvalue weighted by Crippen LogP contribution is -2.29. The van der Waals surface area contributed by atoms with Crippen LogP contribution in [0.5, 0.6) is 0 Å². The van der Waals surface area contributed by atoms with Crippen LogP contribution in [0, 0.1) is 17.0 Å². The first-order chi connectivity index (χ1) is 14.9. The Hall–Kier alpha value is -4.26. The van der Waals surface area contributed by atoms with Gasteiger partial charge in [-0.3, -0.25) is 24.6 Å². The number of anilines is 1. The molecule has 3 aromatic carbocycles. The van der Waals surface area contributed by atoms with Crippen molar-refractivity contribution in [1.29, 1.82) is 0 Å². The van der Waals surface area contributed by atoms with E-state index in [1.54, 1.807) is 60.7 Å². The third-order valence-electron chi connectivity index (χ3n) is 5.23. The van der Waals surface area contributed by atoms with Crippen LogP contribution < -0.4 is 4.90 Å². The Kier molecular flexibility index (Phi) is 5.09. The summed E-state index contributed by atoms with van der Waals surface area (Å²) in [6.07, 6.45) is 0. The summed E-state index contributed by atoms with van der Waals surface area (Å²) in [5, 5.41) is 22.7. The van der Waals surface area contributed by atoms with Crippen LogP contribution in [0.25, 0.3) is 5.76 Å². The summed E-state index contributed by atoms with van der Waals surface area (Å²) >= 11 is 0. The van der Waals surface area contributed by atoms with E-state index in [2.05, 4.69) is 0 Å². The third-order valence-corrected chi connectivity index (χ3v) is 5.23. The zero-order valence-corrected chi connectivity index (χ0v) is 16.6. The van der Waals surface area contributed by atoms with E-state index < -0.39 is 22.7 Å². The molecule has 0 aromatic heterocycles. The molecule has 1 saturated heterocycles. The first-order valence-electron chi connectivity index (χ1n) is 9.56. The number of nitro benzene ring substituents is 1. The van der Waals surface area contributed by atoms with Gasteiger partial charge in [0.05, 0.1) is 16.1 Å². The van der Waals surface area contributed by atoms with Crippen molar-refractivity contribution in [2.45, 2.75) is 13.0 Å². The van der Waals surface area contributed by atoms with Crippen LogP contribution in [0.4, 0.5) is 11.4 Å². The fourth-order valence-electron chi connectivity index (χ4n) is 3.73. The lowest BCUT2D eigenvalue weighted by atomic mass is 9.94. The normalized spacial score (nSPS) is 17.7. The SMILES string of the molecule is Cc1ccc(/C(O)=C2/C(=O)C(=O)N(c3ccccc3)C2c2ccccc2[N+](=O)[O-])cc1. The van der Waals surface area contributed by atoms with Crippen molar-refractivity contribution in [2.75, 3.05) is 4.90 Å². The average molecular weight is 414 g/mol. The Balaban J connectivity index is 2.01. The zero-order valence-electron chi connectivity index (χ0n) is 16.6. The molecule has 1 unspecified atom stereocenters. The molecular weight excluding hydrogens is 396 g/mol. The second-order valence-electron chi connectivity index (χ2n) is 7.19. The molecule has 0 saturated carbocycles. The number of benzene rings is 3. The fraction of sp³-hybridized carbons (Fsp3) is 0.0833. The van der Waals surface area contributed by atoms with Crippen LogP contribution in [0.2, 0.25) is 0 Å². The number of nitro groups is 1. The number of rotatable bonds is 4. The summed E-state index contributed by atoms with van der Waals surface area (Å²) in [7, 11) is 0. The van der Waals surface area contributed by atoms with Gasteiger partial charge in [-0.1, -0.05) is 60.2 Å². The van der Waals surface area contributed by atoms with Crippen LogP contribution in [-0.4, -0.2) is 21.7 Å². The lowest BCUT2D eigenvalue weighted by Gasteiger charge is -2.25. The molecule has 0 bridgehead atoms. The van der Waals surface area contributed by atoms with Crippen molar-refractivity contribution in [1.82, 2.24) is 0 Å². The van der Waals surface area contributed by atoms with Crippen molar-refractivity contribution in [2.24, 2.45) is 0 Å². The van der Waals surface area contributed by atoms with E-state index in [1.165, 1.54) is 23.1 Å². The van der Waals surface area contributed by atoms with E-state index in [-0.39, 0.29) is 22.6 Å². The second-order valence-corrected chi connectivity index (χ2v) is 7.19. The summed E-state index contributed by atoms with van der Waals surface area (Å²) in [6, 6.07) is 20.0. The molecule has 1 heterocycles. The van der Waals surface area contributed by atoms with Crippen LogP contribution in [0.15, 0.2) is 84.4 Å². The molecule has 31 heavy (non-hydrogen) atoms. The molecule has 154 valence electrons. The number of carbonyl (C=O) groups is 2. The van der Waals surface area contributed by atoms with Crippen LogP contribution >= 0.6 is 0 Å². The number of nitrogens with zero attached hydrogens (tertiary/aromatic N) is 2. The van der Waals surface area contributed by atoms with Crippen LogP contribution in [-0.2, 0) is 9.59 Å². The Morgan fingerprint density at radius 3 is 2.19 bits per heavy atom. The Bertz CT molecular complexity index is 1220. The molecule has 7 heteroatoms. The number of Topliss-reactive ketones (excluding diaryl/α,β-unsaturated/α-hetero) is 1. The largest absolute Gasteiger partial charge is 0.507 e. The third kappa shape index (κ3) is 3.46. The number of hydrogen-bond donors (Lipinski definition) is 1. The minimum atomic E-state index is -1.15. The maximum absolute atomic E-state index is 13.1. The fourth-order valence-corrected chi connectivity index (χ4v) is 3.73. The van der Waals surface area contributed by atoms with Gasteiger partial charge in [-0.15, -0.1) is 0 Å². The summed E-state index contributed by atoms with van der Waals surface area (Å²) in [5.74, 6) is -2.13. The van der Waals surface area contributed by atoms with Gasteiger partial charge in [-0.05, 0) is 25.1 Å². The Morgan fingerprint density at radius 1 is 0.935 bits per heavy atom. The summed E-state index contributed by atoms with van der Waals surface area (Å²) in [4.78, 5) is 38.4. The predicted octanol–water partition coefficient (Wildman–Crippen LogP) is 4.53. The first-order valence-corrected chi connectivity index (χ1v) is 9.56. The van der Waals surface area contributed by atoms with Crippen molar-refractivity contribution in [3.8, 4) is 0 Å². The monoisotopic (exact) mass is 414 g/mol. The van der Waals surface area contributed by atoms with Gasteiger partial charge in [0, 0.05) is 17.3 Å². The van der Waals surface area contributed by atoms with Gasteiger partial charge in [0.25, 0.3) is 17.4 Å². The number of para-hydroxylation sites is 2. The lowest BCUT2D eigenvalue weighted by molar-refractivity contribution is -0.385. The number of ketones is 1.